The van der Waals surface area contributed by atoms with Crippen molar-refractivity contribution < 1.29 is 4.39 Å². The van der Waals surface area contributed by atoms with Crippen LogP contribution in [0.2, 0.25) is 0 Å². The maximum atomic E-state index is 13.3. The van der Waals surface area contributed by atoms with Gasteiger partial charge in [-0.05, 0) is 30.5 Å². The van der Waals surface area contributed by atoms with E-state index in [-0.39, 0.29) is 5.82 Å². The Kier molecular flexibility index (Phi) is 4.50. The van der Waals surface area contributed by atoms with Crippen molar-refractivity contribution in [1.29, 1.82) is 0 Å². The van der Waals surface area contributed by atoms with Gasteiger partial charge in [-0.2, -0.15) is 0 Å². The van der Waals surface area contributed by atoms with Gasteiger partial charge in [0.25, 0.3) is 0 Å². The summed E-state index contributed by atoms with van der Waals surface area (Å²) in [5, 5.41) is 3.36. The van der Waals surface area contributed by atoms with Gasteiger partial charge in [0.05, 0.1) is 0 Å². The molecule has 1 N–H and O–H groups in total. The lowest BCUT2D eigenvalue weighted by atomic mass is 9.99. The van der Waals surface area contributed by atoms with Crippen LogP contribution in [0.25, 0.3) is 0 Å². The van der Waals surface area contributed by atoms with Gasteiger partial charge < -0.3 is 5.32 Å². The van der Waals surface area contributed by atoms with Crippen molar-refractivity contribution in [2.45, 2.75) is 19.4 Å². The Hall–Kier alpha value is -1.19. The molecule has 1 heterocycles. The number of aryl methyl sites for hydroxylation is 1. The number of rotatable bonds is 4. The Morgan fingerprint density at radius 1 is 1.44 bits per heavy atom. The van der Waals surface area contributed by atoms with Gasteiger partial charge in [-0.15, -0.1) is 6.58 Å². The third kappa shape index (κ3) is 2.98. The molecule has 0 amide bonds. The summed E-state index contributed by atoms with van der Waals surface area (Å²) in [7, 11) is 0. The molecule has 1 saturated heterocycles. The summed E-state index contributed by atoms with van der Waals surface area (Å²) in [5.74, 6) is -0.128. The second kappa shape index (κ2) is 6.12. The van der Waals surface area contributed by atoms with E-state index in [0.717, 1.165) is 38.2 Å². The Morgan fingerprint density at radius 3 is 2.78 bits per heavy atom. The second-order valence-corrected chi connectivity index (χ2v) is 4.83. The van der Waals surface area contributed by atoms with Crippen LogP contribution in [0.4, 0.5) is 4.39 Å². The van der Waals surface area contributed by atoms with Gasteiger partial charge in [-0.1, -0.05) is 18.2 Å². The van der Waals surface area contributed by atoms with E-state index in [0.29, 0.717) is 6.04 Å². The third-order valence-electron chi connectivity index (χ3n) is 3.55. The molecule has 0 aliphatic carbocycles. The van der Waals surface area contributed by atoms with Gasteiger partial charge in [0, 0.05) is 32.2 Å². The zero-order chi connectivity index (χ0) is 13.0. The van der Waals surface area contributed by atoms with E-state index in [1.807, 2.05) is 25.1 Å². The van der Waals surface area contributed by atoms with Crippen LogP contribution in [0.5, 0.6) is 0 Å². The lowest BCUT2D eigenvalue weighted by Crippen LogP contribution is -2.45. The summed E-state index contributed by atoms with van der Waals surface area (Å²) in [6.07, 6.45) is 2.86. The fourth-order valence-corrected chi connectivity index (χ4v) is 2.52. The summed E-state index contributed by atoms with van der Waals surface area (Å²) in [6, 6.07) is 5.76. The molecule has 1 fully saturated rings. The molecule has 0 radical (unpaired) electrons. The lowest BCUT2D eigenvalue weighted by Gasteiger charge is -2.35. The monoisotopic (exact) mass is 248 g/mol. The average Bonchev–Trinajstić information content (AvgIpc) is 2.40. The zero-order valence-corrected chi connectivity index (χ0v) is 11.0. The van der Waals surface area contributed by atoms with Crippen LogP contribution >= 0.6 is 0 Å². The molecule has 1 atom stereocenters. The smallest absolute Gasteiger partial charge is 0.126 e. The largest absolute Gasteiger partial charge is 0.314 e. The maximum absolute atomic E-state index is 13.3. The Bertz CT molecular complexity index is 411. The van der Waals surface area contributed by atoms with Crippen LogP contribution in [0.15, 0.2) is 30.9 Å². The van der Waals surface area contributed by atoms with Crippen LogP contribution in [0.1, 0.15) is 23.6 Å². The van der Waals surface area contributed by atoms with Crippen LogP contribution in [-0.4, -0.2) is 31.1 Å². The second-order valence-electron chi connectivity index (χ2n) is 4.83. The van der Waals surface area contributed by atoms with Crippen molar-refractivity contribution in [1.82, 2.24) is 10.2 Å². The Balaban J connectivity index is 2.22. The quantitative estimate of drug-likeness (QED) is 0.824. The van der Waals surface area contributed by atoms with E-state index >= 15 is 0 Å². The van der Waals surface area contributed by atoms with Crippen LogP contribution < -0.4 is 5.32 Å². The van der Waals surface area contributed by atoms with Crippen molar-refractivity contribution in [3.8, 4) is 0 Å². The van der Waals surface area contributed by atoms with Gasteiger partial charge in [0.2, 0.25) is 0 Å². The standard InChI is InChI=1S/C15H21FN2/c1-3-4-15(18-9-7-17-8-10-18)13-5-6-14(16)12(2)11-13/h3,5-6,11,15,17H,1,4,7-10H2,2H3/t15-/m0/s1. The molecule has 2 rings (SSSR count). The maximum Gasteiger partial charge on any atom is 0.126 e. The molecular weight excluding hydrogens is 227 g/mol. The molecule has 98 valence electrons. The SMILES string of the molecule is C=CC[C@@H](c1ccc(F)c(C)c1)N1CCNCC1. The molecule has 0 bridgehead atoms. The molecule has 0 aromatic heterocycles. The van der Waals surface area contributed by atoms with Crippen molar-refractivity contribution in [3.63, 3.8) is 0 Å². The minimum Gasteiger partial charge on any atom is -0.314 e. The molecule has 1 aliphatic rings. The highest BCUT2D eigenvalue weighted by molar-refractivity contribution is 5.27. The summed E-state index contributed by atoms with van der Waals surface area (Å²) in [4.78, 5) is 2.45. The van der Waals surface area contributed by atoms with Gasteiger partial charge in [-0.3, -0.25) is 4.90 Å². The highest BCUT2D eigenvalue weighted by atomic mass is 19.1. The Labute approximate surface area is 108 Å². The highest BCUT2D eigenvalue weighted by Crippen LogP contribution is 2.26. The van der Waals surface area contributed by atoms with Crippen molar-refractivity contribution in [2.24, 2.45) is 0 Å². The summed E-state index contributed by atoms with van der Waals surface area (Å²) in [5.41, 5.74) is 1.91. The van der Waals surface area contributed by atoms with E-state index in [9.17, 15) is 4.39 Å². The fraction of sp³-hybridized carbons (Fsp3) is 0.467. The first-order valence-electron chi connectivity index (χ1n) is 6.54. The summed E-state index contributed by atoms with van der Waals surface area (Å²) < 4.78 is 13.3. The first-order chi connectivity index (χ1) is 8.72. The number of hydrogen-bond donors (Lipinski definition) is 1. The summed E-state index contributed by atoms with van der Waals surface area (Å²) >= 11 is 0. The van der Waals surface area contributed by atoms with E-state index in [1.54, 1.807) is 6.07 Å². The van der Waals surface area contributed by atoms with Crippen LogP contribution in [-0.2, 0) is 0 Å². The van der Waals surface area contributed by atoms with Crippen LogP contribution in [0, 0.1) is 12.7 Å². The van der Waals surface area contributed by atoms with Gasteiger partial charge in [0.1, 0.15) is 5.82 Å². The van der Waals surface area contributed by atoms with Gasteiger partial charge in [0.15, 0.2) is 0 Å². The van der Waals surface area contributed by atoms with E-state index in [4.69, 9.17) is 0 Å². The van der Waals surface area contributed by atoms with E-state index < -0.39 is 0 Å². The van der Waals surface area contributed by atoms with Crippen molar-refractivity contribution in [2.75, 3.05) is 26.2 Å². The molecule has 18 heavy (non-hydrogen) atoms. The molecular formula is C15H21FN2. The number of nitrogens with one attached hydrogen (secondary N) is 1. The third-order valence-corrected chi connectivity index (χ3v) is 3.55. The average molecular weight is 248 g/mol. The number of benzene rings is 1. The molecule has 1 aromatic rings. The number of piperazine rings is 1. The zero-order valence-electron chi connectivity index (χ0n) is 11.0. The Morgan fingerprint density at radius 2 is 2.17 bits per heavy atom. The minimum absolute atomic E-state index is 0.128. The molecule has 1 aromatic carbocycles. The first kappa shape index (κ1) is 13.2. The van der Waals surface area contributed by atoms with Crippen molar-refractivity contribution in [3.05, 3.63) is 47.8 Å². The molecule has 1 aliphatic heterocycles. The molecule has 3 heteroatoms. The topological polar surface area (TPSA) is 15.3 Å². The normalized spacial score (nSPS) is 18.6. The number of halogens is 1. The fourth-order valence-electron chi connectivity index (χ4n) is 2.52. The van der Waals surface area contributed by atoms with Gasteiger partial charge >= 0.3 is 0 Å². The summed E-state index contributed by atoms with van der Waals surface area (Å²) in [6.45, 7) is 9.78. The molecule has 0 saturated carbocycles. The number of hydrogen-bond acceptors (Lipinski definition) is 2. The molecule has 0 spiro atoms. The lowest BCUT2D eigenvalue weighted by molar-refractivity contribution is 0.174. The van der Waals surface area contributed by atoms with E-state index in [2.05, 4.69) is 16.8 Å². The van der Waals surface area contributed by atoms with E-state index in [1.165, 1.54) is 5.56 Å². The van der Waals surface area contributed by atoms with Gasteiger partial charge in [-0.25, -0.2) is 4.39 Å². The predicted molar refractivity (Wildman–Crippen MR) is 73.1 cm³/mol. The predicted octanol–water partition coefficient (Wildman–Crippen LogP) is 2.66. The number of nitrogens with zero attached hydrogens (tertiary/aromatic N) is 1. The minimum atomic E-state index is -0.128. The molecule has 0 unspecified atom stereocenters. The molecule has 2 nitrogen and oxygen atoms in total. The first-order valence-corrected chi connectivity index (χ1v) is 6.54. The van der Waals surface area contributed by atoms with Crippen LogP contribution in [0.3, 0.4) is 0 Å². The van der Waals surface area contributed by atoms with Crippen molar-refractivity contribution >= 4 is 0 Å². The highest BCUT2D eigenvalue weighted by Gasteiger charge is 2.21.